The predicted molar refractivity (Wildman–Crippen MR) is 113 cm³/mol. The standard InChI is InChI=1S/C23H17F2N3O3/c1-14-11-21(26-18-8-5-16(24)6-9-18)20-13-17(25)7-10-22(20)27(14)23(29)15-3-2-4-19(12-15)28(30)31/h2-10,12-14H,11H2,1H3. The Morgan fingerprint density at radius 3 is 2.48 bits per heavy atom. The van der Waals surface area contributed by atoms with Crippen LogP contribution < -0.4 is 4.90 Å². The SMILES string of the molecule is CC1CC(=Nc2ccc(F)cc2)c2cc(F)ccc2N1C(=O)c1cccc([N+](=O)[O-])c1. The number of hydrogen-bond donors (Lipinski definition) is 0. The molecule has 0 bridgehead atoms. The van der Waals surface area contributed by atoms with Gasteiger partial charge in [-0.25, -0.2) is 8.78 Å². The molecule has 1 unspecified atom stereocenters. The topological polar surface area (TPSA) is 75.8 Å². The minimum atomic E-state index is -0.562. The summed E-state index contributed by atoms with van der Waals surface area (Å²) in [7, 11) is 0. The van der Waals surface area contributed by atoms with E-state index < -0.39 is 16.6 Å². The van der Waals surface area contributed by atoms with E-state index in [0.29, 0.717) is 29.1 Å². The molecule has 1 aliphatic rings. The Labute approximate surface area is 176 Å². The molecule has 156 valence electrons. The lowest BCUT2D eigenvalue weighted by Gasteiger charge is -2.36. The molecule has 3 aromatic carbocycles. The lowest BCUT2D eigenvalue weighted by atomic mass is 9.93. The molecule has 3 aromatic rings. The first-order chi connectivity index (χ1) is 14.8. The van der Waals surface area contributed by atoms with Crippen molar-refractivity contribution < 1.29 is 18.5 Å². The van der Waals surface area contributed by atoms with E-state index in [0.717, 1.165) is 0 Å². The van der Waals surface area contributed by atoms with Crippen molar-refractivity contribution in [3.63, 3.8) is 0 Å². The van der Waals surface area contributed by atoms with E-state index in [1.807, 2.05) is 6.92 Å². The average molecular weight is 421 g/mol. The Balaban J connectivity index is 1.78. The van der Waals surface area contributed by atoms with Crippen LogP contribution in [0.1, 0.15) is 29.3 Å². The van der Waals surface area contributed by atoms with Crippen LogP contribution in [0.4, 0.5) is 25.8 Å². The minimum Gasteiger partial charge on any atom is -0.305 e. The molecule has 0 saturated carbocycles. The van der Waals surface area contributed by atoms with Gasteiger partial charge in [0.05, 0.1) is 22.0 Å². The molecule has 1 amide bonds. The summed E-state index contributed by atoms with van der Waals surface area (Å²) in [5.74, 6) is -1.30. The number of nitro benzene ring substituents is 1. The van der Waals surface area contributed by atoms with E-state index in [4.69, 9.17) is 0 Å². The Morgan fingerprint density at radius 2 is 1.77 bits per heavy atom. The molecule has 0 aromatic heterocycles. The molecular formula is C23H17F2N3O3. The van der Waals surface area contributed by atoms with Gasteiger partial charge in [-0.1, -0.05) is 6.07 Å². The van der Waals surface area contributed by atoms with Crippen LogP contribution in [0.15, 0.2) is 71.7 Å². The molecule has 1 aliphatic heterocycles. The summed E-state index contributed by atoms with van der Waals surface area (Å²) < 4.78 is 27.3. The third-order valence-corrected chi connectivity index (χ3v) is 5.07. The predicted octanol–water partition coefficient (Wildman–Crippen LogP) is 5.43. The molecule has 0 spiro atoms. The van der Waals surface area contributed by atoms with Gasteiger partial charge in [0.2, 0.25) is 0 Å². The lowest BCUT2D eigenvalue weighted by molar-refractivity contribution is -0.384. The third-order valence-electron chi connectivity index (χ3n) is 5.07. The van der Waals surface area contributed by atoms with Gasteiger partial charge in [-0.15, -0.1) is 0 Å². The van der Waals surface area contributed by atoms with E-state index in [1.54, 1.807) is 0 Å². The minimum absolute atomic E-state index is 0.162. The summed E-state index contributed by atoms with van der Waals surface area (Å²) in [5.41, 5.74) is 1.95. The maximum atomic E-state index is 14.1. The van der Waals surface area contributed by atoms with Crippen molar-refractivity contribution >= 4 is 28.7 Å². The fraction of sp³-hybridized carbons (Fsp3) is 0.130. The van der Waals surface area contributed by atoms with Gasteiger partial charge in [-0.3, -0.25) is 19.9 Å². The molecule has 1 heterocycles. The Kier molecular flexibility index (Phi) is 5.29. The zero-order valence-corrected chi connectivity index (χ0v) is 16.5. The second-order valence-electron chi connectivity index (χ2n) is 7.23. The number of anilines is 1. The summed E-state index contributed by atoms with van der Waals surface area (Å²) in [5, 5.41) is 11.1. The number of carbonyl (C=O) groups is 1. The maximum absolute atomic E-state index is 14.1. The normalized spacial score (nSPS) is 16.8. The number of hydrogen-bond acceptors (Lipinski definition) is 4. The molecule has 0 saturated heterocycles. The van der Waals surface area contributed by atoms with Gasteiger partial charge in [0.25, 0.3) is 11.6 Å². The molecular weight excluding hydrogens is 404 g/mol. The third kappa shape index (κ3) is 4.05. The average Bonchev–Trinajstić information content (AvgIpc) is 2.75. The molecule has 6 nitrogen and oxygen atoms in total. The highest BCUT2D eigenvalue weighted by Gasteiger charge is 2.33. The first kappa shape index (κ1) is 20.3. The van der Waals surface area contributed by atoms with Crippen molar-refractivity contribution in [2.24, 2.45) is 4.99 Å². The smallest absolute Gasteiger partial charge is 0.270 e. The van der Waals surface area contributed by atoms with E-state index >= 15 is 0 Å². The van der Waals surface area contributed by atoms with Crippen molar-refractivity contribution in [3.8, 4) is 0 Å². The highest BCUT2D eigenvalue weighted by molar-refractivity contribution is 6.16. The van der Waals surface area contributed by atoms with Gasteiger partial charge >= 0.3 is 0 Å². The Bertz CT molecular complexity index is 1210. The van der Waals surface area contributed by atoms with Crippen LogP contribution in [0.25, 0.3) is 0 Å². The second-order valence-corrected chi connectivity index (χ2v) is 7.23. The van der Waals surface area contributed by atoms with Gasteiger partial charge < -0.3 is 4.90 Å². The highest BCUT2D eigenvalue weighted by atomic mass is 19.1. The number of benzene rings is 3. The van der Waals surface area contributed by atoms with Crippen LogP contribution in [0, 0.1) is 21.7 Å². The molecule has 0 N–H and O–H groups in total. The lowest BCUT2D eigenvalue weighted by Crippen LogP contribution is -2.44. The number of fused-ring (bicyclic) bond motifs is 1. The number of non-ortho nitro benzene ring substituents is 1. The second kappa shape index (κ2) is 8.06. The molecule has 4 rings (SSSR count). The van der Waals surface area contributed by atoms with Gasteiger partial charge in [-0.05, 0) is 55.5 Å². The molecule has 0 fully saturated rings. The number of rotatable bonds is 3. The molecule has 0 radical (unpaired) electrons. The molecule has 8 heteroatoms. The van der Waals surface area contributed by atoms with Crippen molar-refractivity contribution in [2.75, 3.05) is 4.90 Å². The van der Waals surface area contributed by atoms with E-state index in [-0.39, 0.29) is 23.1 Å². The number of nitrogens with zero attached hydrogens (tertiary/aromatic N) is 3. The molecule has 1 atom stereocenters. The number of halogens is 2. The zero-order chi connectivity index (χ0) is 22.1. The van der Waals surface area contributed by atoms with Crippen LogP contribution in [0.5, 0.6) is 0 Å². The highest BCUT2D eigenvalue weighted by Crippen LogP contribution is 2.34. The van der Waals surface area contributed by atoms with Crippen molar-refractivity contribution in [3.05, 3.63) is 99.6 Å². The summed E-state index contributed by atoms with van der Waals surface area (Å²) in [4.78, 5) is 29.8. The summed E-state index contributed by atoms with van der Waals surface area (Å²) in [6, 6.07) is 14.8. The van der Waals surface area contributed by atoms with Gasteiger partial charge in [0.1, 0.15) is 11.6 Å². The number of aliphatic imine (C=N–C) groups is 1. The van der Waals surface area contributed by atoms with E-state index in [1.165, 1.54) is 71.6 Å². The first-order valence-corrected chi connectivity index (χ1v) is 9.54. The van der Waals surface area contributed by atoms with Gasteiger partial charge in [-0.2, -0.15) is 0 Å². The van der Waals surface area contributed by atoms with Crippen molar-refractivity contribution in [1.82, 2.24) is 0 Å². The monoisotopic (exact) mass is 421 g/mol. The summed E-state index contributed by atoms with van der Waals surface area (Å²) in [6.07, 6.45) is 0.328. The van der Waals surface area contributed by atoms with E-state index in [9.17, 15) is 23.7 Å². The fourth-order valence-corrected chi connectivity index (χ4v) is 3.65. The summed E-state index contributed by atoms with van der Waals surface area (Å²) >= 11 is 0. The summed E-state index contributed by atoms with van der Waals surface area (Å²) in [6.45, 7) is 1.82. The first-order valence-electron chi connectivity index (χ1n) is 9.54. The van der Waals surface area contributed by atoms with Crippen molar-refractivity contribution in [2.45, 2.75) is 19.4 Å². The Hall–Kier alpha value is -3.94. The van der Waals surface area contributed by atoms with Gasteiger partial charge in [0, 0.05) is 35.7 Å². The van der Waals surface area contributed by atoms with Gasteiger partial charge in [0.15, 0.2) is 0 Å². The Morgan fingerprint density at radius 1 is 1.06 bits per heavy atom. The number of nitro groups is 1. The quantitative estimate of drug-likeness (QED) is 0.418. The van der Waals surface area contributed by atoms with Crippen LogP contribution in [0.3, 0.4) is 0 Å². The maximum Gasteiger partial charge on any atom is 0.270 e. The zero-order valence-electron chi connectivity index (χ0n) is 16.5. The van der Waals surface area contributed by atoms with Crippen LogP contribution in [-0.4, -0.2) is 22.6 Å². The molecule has 0 aliphatic carbocycles. The van der Waals surface area contributed by atoms with Crippen LogP contribution in [-0.2, 0) is 0 Å². The van der Waals surface area contributed by atoms with Crippen LogP contribution >= 0.6 is 0 Å². The van der Waals surface area contributed by atoms with E-state index in [2.05, 4.69) is 4.99 Å². The largest absolute Gasteiger partial charge is 0.305 e. The van der Waals surface area contributed by atoms with Crippen LogP contribution in [0.2, 0.25) is 0 Å². The molecule has 31 heavy (non-hydrogen) atoms. The van der Waals surface area contributed by atoms with Crippen molar-refractivity contribution in [1.29, 1.82) is 0 Å². The number of amides is 1. The number of carbonyl (C=O) groups excluding carboxylic acids is 1. The fourth-order valence-electron chi connectivity index (χ4n) is 3.65.